The van der Waals surface area contributed by atoms with Gasteiger partial charge >= 0.3 is 6.01 Å². The number of carbonyl (C=O) groups is 1. The van der Waals surface area contributed by atoms with Gasteiger partial charge in [0.1, 0.15) is 11.9 Å². The van der Waals surface area contributed by atoms with Crippen molar-refractivity contribution in [2.75, 3.05) is 19.7 Å². The number of hydrogen-bond donors (Lipinski definition) is 0. The molecule has 1 aromatic heterocycles. The first kappa shape index (κ1) is 17.8. The number of rotatable bonds is 5. The molecule has 1 saturated heterocycles. The molecule has 0 aliphatic carbocycles. The third-order valence-corrected chi connectivity index (χ3v) is 4.22. The van der Waals surface area contributed by atoms with Crippen molar-refractivity contribution in [3.63, 3.8) is 0 Å². The summed E-state index contributed by atoms with van der Waals surface area (Å²) in [5.41, 5.74) is 0. The first-order valence-corrected chi connectivity index (χ1v) is 8.66. The van der Waals surface area contributed by atoms with Crippen LogP contribution in [-0.4, -0.2) is 46.6 Å². The molecule has 1 unspecified atom stereocenters. The Labute approximate surface area is 155 Å². The van der Waals surface area contributed by atoms with E-state index in [1.807, 2.05) is 0 Å². The smallest absolute Gasteiger partial charge is 0.316 e. The van der Waals surface area contributed by atoms with Gasteiger partial charge in [-0.1, -0.05) is 23.2 Å². The molecule has 0 spiro atoms. The zero-order valence-corrected chi connectivity index (χ0v) is 14.9. The van der Waals surface area contributed by atoms with Crippen LogP contribution in [0.5, 0.6) is 11.8 Å². The Morgan fingerprint density at radius 3 is 2.60 bits per heavy atom. The molecular formula is C17H17Cl2N3O3. The predicted molar refractivity (Wildman–Crippen MR) is 94.2 cm³/mol. The quantitative estimate of drug-likeness (QED) is 0.795. The van der Waals surface area contributed by atoms with E-state index in [2.05, 4.69) is 9.97 Å². The zero-order chi connectivity index (χ0) is 17.6. The first-order chi connectivity index (χ1) is 12.1. The fraction of sp³-hybridized carbons (Fsp3) is 0.353. The van der Waals surface area contributed by atoms with E-state index in [0.717, 1.165) is 12.8 Å². The monoisotopic (exact) mass is 381 g/mol. The molecular weight excluding hydrogens is 365 g/mol. The molecule has 1 aliphatic heterocycles. The summed E-state index contributed by atoms with van der Waals surface area (Å²) in [5, 5.41) is 1.08. The van der Waals surface area contributed by atoms with Crippen LogP contribution in [0.15, 0.2) is 36.7 Å². The average molecular weight is 382 g/mol. The molecule has 0 bridgehead atoms. The second-order valence-corrected chi connectivity index (χ2v) is 6.52. The van der Waals surface area contributed by atoms with Crippen molar-refractivity contribution in [3.05, 3.63) is 46.7 Å². The molecule has 1 amide bonds. The molecule has 0 N–H and O–H groups in total. The van der Waals surface area contributed by atoms with Gasteiger partial charge in [0.2, 0.25) is 0 Å². The highest BCUT2D eigenvalue weighted by Gasteiger charge is 2.25. The highest BCUT2D eigenvalue weighted by atomic mass is 35.5. The topological polar surface area (TPSA) is 64.5 Å². The molecule has 6 nitrogen and oxygen atoms in total. The lowest BCUT2D eigenvalue weighted by Gasteiger charge is -2.32. The maximum atomic E-state index is 12.4. The van der Waals surface area contributed by atoms with Gasteiger partial charge in [0.05, 0.1) is 24.0 Å². The van der Waals surface area contributed by atoms with Crippen molar-refractivity contribution in [2.24, 2.45) is 0 Å². The molecule has 25 heavy (non-hydrogen) atoms. The molecule has 3 rings (SSSR count). The van der Waals surface area contributed by atoms with Crippen LogP contribution in [0.2, 0.25) is 10.0 Å². The second kappa shape index (κ2) is 8.36. The highest BCUT2D eigenvalue weighted by molar-refractivity contribution is 6.30. The number of nitrogens with zero attached hydrogens (tertiary/aromatic N) is 3. The summed E-state index contributed by atoms with van der Waals surface area (Å²) in [6.07, 6.45) is 4.51. The predicted octanol–water partition coefficient (Wildman–Crippen LogP) is 3.23. The van der Waals surface area contributed by atoms with Crippen LogP contribution < -0.4 is 9.47 Å². The molecule has 2 aromatic rings. The summed E-state index contributed by atoms with van der Waals surface area (Å²) in [6, 6.07) is 7.17. The van der Waals surface area contributed by atoms with Crippen molar-refractivity contribution in [1.82, 2.24) is 14.9 Å². The molecule has 2 heterocycles. The Kier molecular flexibility index (Phi) is 5.94. The van der Waals surface area contributed by atoms with Gasteiger partial charge in [0, 0.05) is 11.6 Å². The summed E-state index contributed by atoms with van der Waals surface area (Å²) in [6.45, 7) is 1.14. The van der Waals surface area contributed by atoms with Gasteiger partial charge in [0.25, 0.3) is 5.91 Å². The molecule has 8 heteroatoms. The SMILES string of the molecule is O=C(COc1ccc(Cl)cc1)N1CCCC(Oc2ncc(Cl)cn2)C1. The van der Waals surface area contributed by atoms with Crippen LogP contribution in [0, 0.1) is 0 Å². The Bertz CT molecular complexity index is 710. The van der Waals surface area contributed by atoms with Crippen LogP contribution in [0.25, 0.3) is 0 Å². The number of hydrogen-bond acceptors (Lipinski definition) is 5. The summed E-state index contributed by atoms with van der Waals surface area (Å²) in [5.74, 6) is 0.525. The van der Waals surface area contributed by atoms with Gasteiger partial charge in [-0.25, -0.2) is 9.97 Å². The Hall–Kier alpha value is -2.05. The molecule has 132 valence electrons. The van der Waals surface area contributed by atoms with E-state index in [9.17, 15) is 4.79 Å². The molecule has 0 saturated carbocycles. The van der Waals surface area contributed by atoms with Gasteiger partial charge < -0.3 is 14.4 Å². The lowest BCUT2D eigenvalue weighted by atomic mass is 10.1. The number of ether oxygens (including phenoxy) is 2. The minimum absolute atomic E-state index is 0.0220. The van der Waals surface area contributed by atoms with E-state index in [1.54, 1.807) is 29.2 Å². The van der Waals surface area contributed by atoms with E-state index in [4.69, 9.17) is 32.7 Å². The standard InChI is InChI=1S/C17H17Cl2N3O3/c18-12-3-5-14(6-4-12)24-11-16(23)22-7-1-2-15(10-22)25-17-20-8-13(19)9-21-17/h3-6,8-9,15H,1-2,7,10-11H2. The van der Waals surface area contributed by atoms with Gasteiger partial charge in [-0.2, -0.15) is 0 Å². The minimum atomic E-state index is -0.144. The van der Waals surface area contributed by atoms with Gasteiger partial charge in [-0.3, -0.25) is 4.79 Å². The van der Waals surface area contributed by atoms with E-state index in [0.29, 0.717) is 28.9 Å². The zero-order valence-electron chi connectivity index (χ0n) is 13.4. The van der Waals surface area contributed by atoms with Gasteiger partial charge in [-0.05, 0) is 37.1 Å². The maximum Gasteiger partial charge on any atom is 0.316 e. The Balaban J connectivity index is 1.50. The minimum Gasteiger partial charge on any atom is -0.484 e. The van der Waals surface area contributed by atoms with Crippen LogP contribution in [0.3, 0.4) is 0 Å². The van der Waals surface area contributed by atoms with E-state index in [-0.39, 0.29) is 24.6 Å². The van der Waals surface area contributed by atoms with Crippen molar-refractivity contribution in [1.29, 1.82) is 0 Å². The van der Waals surface area contributed by atoms with Gasteiger partial charge in [-0.15, -0.1) is 0 Å². The van der Waals surface area contributed by atoms with Crippen molar-refractivity contribution in [3.8, 4) is 11.8 Å². The molecule has 1 aromatic carbocycles. The summed E-state index contributed by atoms with van der Waals surface area (Å²) < 4.78 is 11.2. The van der Waals surface area contributed by atoms with E-state index >= 15 is 0 Å². The number of aromatic nitrogens is 2. The third kappa shape index (κ3) is 5.21. The normalized spacial score (nSPS) is 17.2. The Morgan fingerprint density at radius 1 is 1.16 bits per heavy atom. The van der Waals surface area contributed by atoms with E-state index in [1.165, 1.54) is 12.4 Å². The third-order valence-electron chi connectivity index (χ3n) is 3.78. The van der Waals surface area contributed by atoms with Crippen molar-refractivity contribution >= 4 is 29.1 Å². The molecule has 1 aliphatic rings. The first-order valence-electron chi connectivity index (χ1n) is 7.90. The maximum absolute atomic E-state index is 12.4. The lowest BCUT2D eigenvalue weighted by molar-refractivity contribution is -0.136. The average Bonchev–Trinajstić information content (AvgIpc) is 2.63. The van der Waals surface area contributed by atoms with Crippen molar-refractivity contribution in [2.45, 2.75) is 18.9 Å². The number of amides is 1. The van der Waals surface area contributed by atoms with Crippen LogP contribution in [-0.2, 0) is 4.79 Å². The lowest BCUT2D eigenvalue weighted by Crippen LogP contribution is -2.46. The number of likely N-dealkylation sites (tertiary alicyclic amines) is 1. The summed E-state index contributed by atoms with van der Waals surface area (Å²) in [4.78, 5) is 22.1. The van der Waals surface area contributed by atoms with E-state index < -0.39 is 0 Å². The molecule has 0 radical (unpaired) electrons. The largest absolute Gasteiger partial charge is 0.484 e. The number of carbonyl (C=O) groups excluding carboxylic acids is 1. The second-order valence-electron chi connectivity index (χ2n) is 5.65. The van der Waals surface area contributed by atoms with Crippen LogP contribution in [0.4, 0.5) is 0 Å². The number of benzene rings is 1. The number of halogens is 2. The van der Waals surface area contributed by atoms with Crippen LogP contribution in [0.1, 0.15) is 12.8 Å². The number of piperidine rings is 1. The van der Waals surface area contributed by atoms with Crippen LogP contribution >= 0.6 is 23.2 Å². The summed E-state index contributed by atoms with van der Waals surface area (Å²) in [7, 11) is 0. The fourth-order valence-electron chi connectivity index (χ4n) is 2.54. The van der Waals surface area contributed by atoms with Gasteiger partial charge in [0.15, 0.2) is 6.61 Å². The highest BCUT2D eigenvalue weighted by Crippen LogP contribution is 2.18. The van der Waals surface area contributed by atoms with Crippen molar-refractivity contribution < 1.29 is 14.3 Å². The Morgan fingerprint density at radius 2 is 1.88 bits per heavy atom. The molecule has 1 fully saturated rings. The summed E-state index contributed by atoms with van der Waals surface area (Å²) >= 11 is 11.6. The fourth-order valence-corrected chi connectivity index (χ4v) is 2.76. The molecule has 1 atom stereocenters.